The summed E-state index contributed by atoms with van der Waals surface area (Å²) in [6.45, 7) is -1.87. The molecule has 1 aliphatic heterocycles. The van der Waals surface area contributed by atoms with Crippen LogP contribution in [0, 0.1) is 5.92 Å². The van der Waals surface area contributed by atoms with Crippen molar-refractivity contribution in [2.75, 3.05) is 20.3 Å². The summed E-state index contributed by atoms with van der Waals surface area (Å²) in [5, 5.41) is 2.86. The van der Waals surface area contributed by atoms with Crippen molar-refractivity contribution in [1.29, 1.82) is 0 Å². The van der Waals surface area contributed by atoms with E-state index in [0.29, 0.717) is 18.7 Å². The van der Waals surface area contributed by atoms with Gasteiger partial charge in [0.05, 0.1) is 13.7 Å². The van der Waals surface area contributed by atoms with Crippen LogP contribution in [0.25, 0.3) is 6.08 Å². The highest BCUT2D eigenvalue weighted by molar-refractivity contribution is 5.91. The average Bonchev–Trinajstić information content (AvgIpc) is 2.71. The van der Waals surface area contributed by atoms with Crippen LogP contribution in [0.2, 0.25) is 0 Å². The molecule has 2 aromatic carbocycles. The molecule has 1 N–H and O–H groups in total. The van der Waals surface area contributed by atoms with Gasteiger partial charge in [-0.05, 0) is 41.8 Å². The predicted molar refractivity (Wildman–Crippen MR) is 101 cm³/mol. The summed E-state index contributed by atoms with van der Waals surface area (Å²) in [6.07, 6.45) is 3.82. The average molecular weight is 389 g/mol. The molecular weight excluding hydrogens is 368 g/mol. The Hall–Kier alpha value is -3.09. The molecule has 148 valence electrons. The number of hydrogen-bond acceptors (Lipinski definition) is 4. The Morgan fingerprint density at radius 1 is 1.29 bits per heavy atom. The van der Waals surface area contributed by atoms with Crippen molar-refractivity contribution < 1.29 is 27.8 Å². The minimum atomic E-state index is -2.93. The van der Waals surface area contributed by atoms with Crippen LogP contribution in [0.1, 0.15) is 11.1 Å². The first kappa shape index (κ1) is 19.7. The Kier molecular flexibility index (Phi) is 6.47. The molecule has 0 radical (unpaired) electrons. The van der Waals surface area contributed by atoms with E-state index in [1.54, 1.807) is 12.1 Å². The summed E-state index contributed by atoms with van der Waals surface area (Å²) in [4.78, 5) is 12.1. The van der Waals surface area contributed by atoms with Crippen LogP contribution in [0.15, 0.2) is 48.5 Å². The van der Waals surface area contributed by atoms with Gasteiger partial charge >= 0.3 is 6.61 Å². The lowest BCUT2D eigenvalue weighted by molar-refractivity contribution is -0.116. The Labute approximate surface area is 161 Å². The zero-order valence-corrected chi connectivity index (χ0v) is 15.4. The zero-order chi connectivity index (χ0) is 19.9. The molecule has 1 heterocycles. The molecule has 3 rings (SSSR count). The molecular formula is C21H21F2NO4. The van der Waals surface area contributed by atoms with Crippen LogP contribution >= 0.6 is 0 Å². The number of carbonyl (C=O) groups is 1. The molecule has 1 unspecified atom stereocenters. The maximum Gasteiger partial charge on any atom is 0.387 e. The van der Waals surface area contributed by atoms with Gasteiger partial charge in [-0.15, -0.1) is 0 Å². The van der Waals surface area contributed by atoms with Crippen LogP contribution in [0.3, 0.4) is 0 Å². The third kappa shape index (κ3) is 5.22. The first-order valence-corrected chi connectivity index (χ1v) is 8.84. The normalized spacial score (nSPS) is 15.8. The van der Waals surface area contributed by atoms with Crippen molar-refractivity contribution in [3.63, 3.8) is 0 Å². The molecule has 7 heteroatoms. The van der Waals surface area contributed by atoms with E-state index in [-0.39, 0.29) is 23.3 Å². The van der Waals surface area contributed by atoms with Crippen molar-refractivity contribution >= 4 is 12.0 Å². The van der Waals surface area contributed by atoms with E-state index < -0.39 is 6.61 Å². The number of ether oxygens (including phenoxy) is 3. The van der Waals surface area contributed by atoms with Gasteiger partial charge in [0, 0.05) is 18.5 Å². The lowest BCUT2D eigenvalue weighted by atomic mass is 9.97. The van der Waals surface area contributed by atoms with Gasteiger partial charge in [0.1, 0.15) is 5.75 Å². The van der Waals surface area contributed by atoms with E-state index in [4.69, 9.17) is 9.47 Å². The second-order valence-corrected chi connectivity index (χ2v) is 6.36. The maximum absolute atomic E-state index is 12.4. The van der Waals surface area contributed by atoms with E-state index in [2.05, 4.69) is 10.1 Å². The first-order chi connectivity index (χ1) is 13.5. The highest BCUT2D eigenvalue weighted by Gasteiger charge is 2.19. The molecule has 0 fully saturated rings. The van der Waals surface area contributed by atoms with E-state index in [9.17, 15) is 13.6 Å². The quantitative estimate of drug-likeness (QED) is 0.734. The standard InChI is InChI=1S/C21H21F2NO4/c1-26-19-11-14(6-8-18(19)28-21(22)23)7-9-20(25)24-12-15-10-16-4-2-3-5-17(16)27-13-15/h2-9,11,15,21H,10,12-13H2,1H3,(H,24,25). The Morgan fingerprint density at radius 2 is 2.11 bits per heavy atom. The highest BCUT2D eigenvalue weighted by Crippen LogP contribution is 2.30. The Morgan fingerprint density at radius 3 is 2.89 bits per heavy atom. The van der Waals surface area contributed by atoms with E-state index in [1.165, 1.54) is 25.3 Å². The summed E-state index contributed by atoms with van der Waals surface area (Å²) >= 11 is 0. The van der Waals surface area contributed by atoms with Crippen molar-refractivity contribution in [1.82, 2.24) is 5.32 Å². The van der Waals surface area contributed by atoms with Gasteiger partial charge in [-0.2, -0.15) is 8.78 Å². The second kappa shape index (κ2) is 9.21. The Bertz CT molecular complexity index is 854. The van der Waals surface area contributed by atoms with Crippen molar-refractivity contribution in [2.24, 2.45) is 5.92 Å². The fourth-order valence-electron chi connectivity index (χ4n) is 2.98. The van der Waals surface area contributed by atoms with Gasteiger partial charge in [-0.3, -0.25) is 4.79 Å². The van der Waals surface area contributed by atoms with E-state index in [1.807, 2.05) is 24.3 Å². The highest BCUT2D eigenvalue weighted by atomic mass is 19.3. The van der Waals surface area contributed by atoms with Crippen LogP contribution in [-0.4, -0.2) is 32.8 Å². The van der Waals surface area contributed by atoms with Gasteiger partial charge in [0.15, 0.2) is 11.5 Å². The second-order valence-electron chi connectivity index (χ2n) is 6.36. The third-order valence-corrected chi connectivity index (χ3v) is 4.35. The SMILES string of the molecule is COc1cc(C=CC(=O)NCC2COc3ccccc3C2)ccc1OC(F)F. The van der Waals surface area contributed by atoms with Gasteiger partial charge in [0.2, 0.25) is 5.91 Å². The number of nitrogens with one attached hydrogen (secondary N) is 1. The number of alkyl halides is 2. The first-order valence-electron chi connectivity index (χ1n) is 8.84. The predicted octanol–water partition coefficient (Wildman–Crippen LogP) is 3.68. The number of halogens is 2. The molecule has 1 atom stereocenters. The number of methoxy groups -OCH3 is 1. The smallest absolute Gasteiger partial charge is 0.387 e. The summed E-state index contributed by atoms with van der Waals surface area (Å²) in [5.41, 5.74) is 1.77. The number of hydrogen-bond donors (Lipinski definition) is 1. The summed E-state index contributed by atoms with van der Waals surface area (Å²) in [6, 6.07) is 12.3. The van der Waals surface area contributed by atoms with Crippen molar-refractivity contribution in [2.45, 2.75) is 13.0 Å². The van der Waals surface area contributed by atoms with Gasteiger partial charge < -0.3 is 19.5 Å². The molecule has 0 saturated carbocycles. The van der Waals surface area contributed by atoms with Crippen LogP contribution in [0.4, 0.5) is 8.78 Å². The molecule has 0 spiro atoms. The van der Waals surface area contributed by atoms with Crippen LogP contribution < -0.4 is 19.5 Å². The molecule has 1 aliphatic rings. The molecule has 0 aromatic heterocycles. The minimum Gasteiger partial charge on any atom is -0.493 e. The van der Waals surface area contributed by atoms with Gasteiger partial charge in [-0.25, -0.2) is 0 Å². The number of fused-ring (bicyclic) bond motifs is 1. The molecule has 0 aliphatic carbocycles. The monoisotopic (exact) mass is 389 g/mol. The maximum atomic E-state index is 12.4. The van der Waals surface area contributed by atoms with E-state index in [0.717, 1.165) is 17.7 Å². The molecule has 2 aromatic rings. The molecule has 5 nitrogen and oxygen atoms in total. The molecule has 28 heavy (non-hydrogen) atoms. The minimum absolute atomic E-state index is 0.0586. The third-order valence-electron chi connectivity index (χ3n) is 4.35. The lowest BCUT2D eigenvalue weighted by Crippen LogP contribution is -2.33. The molecule has 0 saturated heterocycles. The number of benzene rings is 2. The largest absolute Gasteiger partial charge is 0.493 e. The van der Waals surface area contributed by atoms with Gasteiger partial charge in [0.25, 0.3) is 0 Å². The van der Waals surface area contributed by atoms with Crippen molar-refractivity contribution in [3.8, 4) is 17.2 Å². The van der Waals surface area contributed by atoms with Gasteiger partial charge in [-0.1, -0.05) is 24.3 Å². The number of para-hydroxylation sites is 1. The molecule has 1 amide bonds. The fourth-order valence-corrected chi connectivity index (χ4v) is 2.98. The fraction of sp³-hybridized carbons (Fsp3) is 0.286. The summed E-state index contributed by atoms with van der Waals surface area (Å²) < 4.78 is 39.8. The summed E-state index contributed by atoms with van der Waals surface area (Å²) in [5.74, 6) is 0.972. The summed E-state index contributed by atoms with van der Waals surface area (Å²) in [7, 11) is 1.36. The van der Waals surface area contributed by atoms with Crippen molar-refractivity contribution in [3.05, 3.63) is 59.7 Å². The number of amides is 1. The molecule has 0 bridgehead atoms. The lowest BCUT2D eigenvalue weighted by Gasteiger charge is -2.25. The number of carbonyl (C=O) groups excluding carboxylic acids is 1. The van der Waals surface area contributed by atoms with E-state index >= 15 is 0 Å². The Balaban J connectivity index is 1.53. The topological polar surface area (TPSA) is 56.8 Å². The van der Waals surface area contributed by atoms with Crippen LogP contribution in [0.5, 0.6) is 17.2 Å². The zero-order valence-electron chi connectivity index (χ0n) is 15.4. The van der Waals surface area contributed by atoms with Crippen LogP contribution in [-0.2, 0) is 11.2 Å². The number of rotatable bonds is 7.